The predicted molar refractivity (Wildman–Crippen MR) is 83.8 cm³/mol. The van der Waals surface area contributed by atoms with Gasteiger partial charge in [0.1, 0.15) is 0 Å². The van der Waals surface area contributed by atoms with E-state index < -0.39 is 5.41 Å². The van der Waals surface area contributed by atoms with Crippen LogP contribution < -0.4 is 5.32 Å². The van der Waals surface area contributed by atoms with Gasteiger partial charge >= 0.3 is 5.97 Å². The standard InChI is InChI=1S/C16H31N3O2/c1-13-12-18(11-8-17-13)16(5)6-9-19(10-7-16)21-14(20)15(2,3)4/h13,17H,6-12H2,1-5H3. The fraction of sp³-hybridized carbons (Fsp3) is 0.938. The van der Waals surface area contributed by atoms with Crippen LogP contribution in [0.15, 0.2) is 0 Å². The maximum absolute atomic E-state index is 12.0. The zero-order valence-corrected chi connectivity index (χ0v) is 14.2. The normalized spacial score (nSPS) is 28.3. The van der Waals surface area contributed by atoms with Gasteiger partial charge in [0.25, 0.3) is 0 Å². The lowest BCUT2D eigenvalue weighted by molar-refractivity contribution is -0.210. The van der Waals surface area contributed by atoms with Crippen molar-refractivity contribution in [3.63, 3.8) is 0 Å². The zero-order chi connectivity index (χ0) is 15.7. The minimum atomic E-state index is -0.436. The first-order valence-electron chi connectivity index (χ1n) is 8.16. The number of hydrogen-bond acceptors (Lipinski definition) is 5. The fourth-order valence-corrected chi connectivity index (χ4v) is 3.05. The quantitative estimate of drug-likeness (QED) is 0.839. The molecule has 0 radical (unpaired) electrons. The van der Waals surface area contributed by atoms with E-state index in [2.05, 4.69) is 24.1 Å². The van der Waals surface area contributed by atoms with Gasteiger partial charge in [-0.2, -0.15) is 0 Å². The molecule has 2 aliphatic heterocycles. The van der Waals surface area contributed by atoms with Crippen molar-refractivity contribution in [1.82, 2.24) is 15.3 Å². The molecule has 0 bridgehead atoms. The molecule has 21 heavy (non-hydrogen) atoms. The third kappa shape index (κ3) is 4.18. The smallest absolute Gasteiger partial charge is 0.330 e. The Morgan fingerprint density at radius 2 is 1.86 bits per heavy atom. The second kappa shape index (κ2) is 6.23. The number of nitrogens with one attached hydrogen (secondary N) is 1. The van der Waals surface area contributed by atoms with E-state index in [9.17, 15) is 4.79 Å². The molecule has 0 aliphatic carbocycles. The summed E-state index contributed by atoms with van der Waals surface area (Å²) in [6.45, 7) is 15.2. The van der Waals surface area contributed by atoms with E-state index in [1.54, 1.807) is 0 Å². The average molecular weight is 297 g/mol. The molecular formula is C16H31N3O2. The highest BCUT2D eigenvalue weighted by atomic mass is 16.7. The van der Waals surface area contributed by atoms with Crippen molar-refractivity contribution in [3.05, 3.63) is 0 Å². The van der Waals surface area contributed by atoms with Crippen molar-refractivity contribution in [2.24, 2.45) is 5.41 Å². The van der Waals surface area contributed by atoms with Crippen LogP contribution in [-0.4, -0.2) is 60.2 Å². The van der Waals surface area contributed by atoms with E-state index in [-0.39, 0.29) is 11.5 Å². The molecule has 0 aromatic rings. The molecule has 0 spiro atoms. The molecular weight excluding hydrogens is 266 g/mol. The van der Waals surface area contributed by atoms with E-state index >= 15 is 0 Å². The van der Waals surface area contributed by atoms with Gasteiger partial charge in [-0.1, -0.05) is 0 Å². The molecule has 1 N–H and O–H groups in total. The van der Waals surface area contributed by atoms with Crippen LogP contribution in [0.5, 0.6) is 0 Å². The molecule has 122 valence electrons. The molecule has 2 aliphatic rings. The zero-order valence-electron chi connectivity index (χ0n) is 14.2. The number of hydrogen-bond donors (Lipinski definition) is 1. The first-order chi connectivity index (χ1) is 9.71. The molecule has 0 amide bonds. The van der Waals surface area contributed by atoms with E-state index in [1.807, 2.05) is 25.8 Å². The maximum Gasteiger partial charge on any atom is 0.330 e. The van der Waals surface area contributed by atoms with E-state index in [0.29, 0.717) is 6.04 Å². The van der Waals surface area contributed by atoms with Crippen LogP contribution in [0, 0.1) is 5.41 Å². The van der Waals surface area contributed by atoms with Crippen molar-refractivity contribution < 1.29 is 9.63 Å². The summed E-state index contributed by atoms with van der Waals surface area (Å²) in [5.41, 5.74) is -0.199. The number of carbonyl (C=O) groups excluding carboxylic acids is 1. The Morgan fingerprint density at radius 1 is 1.24 bits per heavy atom. The lowest BCUT2D eigenvalue weighted by Crippen LogP contribution is -2.61. The molecule has 2 rings (SSSR count). The Bertz CT molecular complexity index is 370. The number of piperazine rings is 1. The molecule has 2 saturated heterocycles. The monoisotopic (exact) mass is 297 g/mol. The highest BCUT2D eigenvalue weighted by Gasteiger charge is 2.38. The van der Waals surface area contributed by atoms with Crippen molar-refractivity contribution >= 4 is 5.97 Å². The van der Waals surface area contributed by atoms with Crippen LogP contribution in [0.1, 0.15) is 47.5 Å². The van der Waals surface area contributed by atoms with Crippen LogP contribution in [0.3, 0.4) is 0 Å². The van der Waals surface area contributed by atoms with Crippen LogP contribution in [0.2, 0.25) is 0 Å². The molecule has 1 unspecified atom stereocenters. The van der Waals surface area contributed by atoms with Crippen LogP contribution >= 0.6 is 0 Å². The maximum atomic E-state index is 12.0. The number of rotatable bonds is 2. The molecule has 0 aromatic heterocycles. The number of carbonyl (C=O) groups is 1. The van der Waals surface area contributed by atoms with Crippen LogP contribution in [0.4, 0.5) is 0 Å². The Hall–Kier alpha value is -0.650. The number of nitrogens with zero attached hydrogens (tertiary/aromatic N) is 2. The minimum absolute atomic E-state index is 0.137. The molecule has 2 heterocycles. The first-order valence-corrected chi connectivity index (χ1v) is 8.16. The summed E-state index contributed by atoms with van der Waals surface area (Å²) in [6.07, 6.45) is 2.11. The summed E-state index contributed by atoms with van der Waals surface area (Å²) in [6, 6.07) is 0.562. The van der Waals surface area contributed by atoms with Crippen molar-refractivity contribution in [2.75, 3.05) is 32.7 Å². The van der Waals surface area contributed by atoms with Gasteiger partial charge in [-0.15, -0.1) is 5.06 Å². The Balaban J connectivity index is 1.86. The lowest BCUT2D eigenvalue weighted by atomic mass is 9.87. The predicted octanol–water partition coefficient (Wildman–Crippen LogP) is 1.64. The van der Waals surface area contributed by atoms with E-state index in [0.717, 1.165) is 45.6 Å². The number of hydroxylamine groups is 2. The summed E-state index contributed by atoms with van der Waals surface area (Å²) in [4.78, 5) is 20.1. The highest BCUT2D eigenvalue weighted by Crippen LogP contribution is 2.30. The van der Waals surface area contributed by atoms with Gasteiger partial charge in [0, 0.05) is 44.3 Å². The van der Waals surface area contributed by atoms with Crippen LogP contribution in [0.25, 0.3) is 0 Å². The third-order valence-electron chi connectivity index (χ3n) is 4.76. The van der Waals surface area contributed by atoms with Crippen molar-refractivity contribution in [2.45, 2.75) is 59.0 Å². The van der Waals surface area contributed by atoms with Crippen LogP contribution in [-0.2, 0) is 9.63 Å². The van der Waals surface area contributed by atoms with Gasteiger partial charge in [0.05, 0.1) is 5.41 Å². The molecule has 5 heteroatoms. The summed E-state index contributed by atoms with van der Waals surface area (Å²) in [5, 5.41) is 5.35. The Morgan fingerprint density at radius 3 is 2.38 bits per heavy atom. The van der Waals surface area contributed by atoms with Gasteiger partial charge in [-0.25, -0.2) is 4.79 Å². The molecule has 0 aromatic carbocycles. The van der Waals surface area contributed by atoms with Gasteiger partial charge in [-0.3, -0.25) is 4.90 Å². The lowest BCUT2D eigenvalue weighted by Gasteiger charge is -2.49. The van der Waals surface area contributed by atoms with Gasteiger partial charge in [0.15, 0.2) is 0 Å². The van der Waals surface area contributed by atoms with Crippen molar-refractivity contribution in [3.8, 4) is 0 Å². The molecule has 1 atom stereocenters. The molecule has 2 fully saturated rings. The highest BCUT2D eigenvalue weighted by molar-refractivity contribution is 5.75. The van der Waals surface area contributed by atoms with Crippen molar-refractivity contribution in [1.29, 1.82) is 0 Å². The van der Waals surface area contributed by atoms with E-state index in [4.69, 9.17) is 4.84 Å². The summed E-state index contributed by atoms with van der Waals surface area (Å²) >= 11 is 0. The number of piperidine rings is 1. The Labute approximate surface area is 129 Å². The third-order valence-corrected chi connectivity index (χ3v) is 4.76. The van der Waals surface area contributed by atoms with Gasteiger partial charge in [0.2, 0.25) is 0 Å². The second-order valence-electron chi connectivity index (χ2n) is 7.86. The fourth-order valence-electron chi connectivity index (χ4n) is 3.05. The average Bonchev–Trinajstić information content (AvgIpc) is 2.40. The summed E-state index contributed by atoms with van der Waals surface area (Å²) < 4.78 is 0. The minimum Gasteiger partial charge on any atom is -0.367 e. The largest absolute Gasteiger partial charge is 0.367 e. The second-order valence-corrected chi connectivity index (χ2v) is 7.86. The SMILES string of the molecule is CC1CN(C2(C)CCN(OC(=O)C(C)(C)C)CC2)CCN1. The van der Waals surface area contributed by atoms with E-state index in [1.165, 1.54) is 0 Å². The molecule has 0 saturated carbocycles. The van der Waals surface area contributed by atoms with Gasteiger partial charge in [-0.05, 0) is 47.5 Å². The summed E-state index contributed by atoms with van der Waals surface area (Å²) in [5.74, 6) is -0.137. The Kier molecular flexibility index (Phi) is 4.96. The summed E-state index contributed by atoms with van der Waals surface area (Å²) in [7, 11) is 0. The molecule has 5 nitrogen and oxygen atoms in total. The topological polar surface area (TPSA) is 44.8 Å². The first kappa shape index (κ1) is 16.7. The van der Waals surface area contributed by atoms with Gasteiger partial charge < -0.3 is 10.2 Å².